The Morgan fingerprint density at radius 1 is 1.31 bits per heavy atom. The number of fused-ring (bicyclic) bond motifs is 1. The molecule has 0 radical (unpaired) electrons. The lowest BCUT2D eigenvalue weighted by Crippen LogP contribution is -2.52. The lowest BCUT2D eigenvalue weighted by Gasteiger charge is -2.37. The molecule has 3 heterocycles. The van der Waals surface area contributed by atoms with Gasteiger partial charge in [-0.1, -0.05) is 27.5 Å². The maximum Gasteiger partial charge on any atom is 0.274 e. The van der Waals surface area contributed by atoms with E-state index in [4.69, 9.17) is 16.3 Å². The van der Waals surface area contributed by atoms with Gasteiger partial charge in [0.05, 0.1) is 5.02 Å². The van der Waals surface area contributed by atoms with Crippen molar-refractivity contribution < 1.29 is 9.53 Å². The van der Waals surface area contributed by atoms with Gasteiger partial charge >= 0.3 is 0 Å². The Balaban J connectivity index is 1.37. The topological polar surface area (TPSA) is 50.6 Å². The summed E-state index contributed by atoms with van der Waals surface area (Å²) in [6, 6.07) is 7.69. The summed E-state index contributed by atoms with van der Waals surface area (Å²) < 4.78 is 8.19. The molecule has 1 amide bonds. The molecule has 2 aliphatic heterocycles. The molecule has 138 valence electrons. The van der Waals surface area contributed by atoms with E-state index in [9.17, 15) is 4.79 Å². The van der Waals surface area contributed by atoms with Crippen LogP contribution in [0.1, 0.15) is 23.3 Å². The molecule has 0 N–H and O–H groups in total. The lowest BCUT2D eigenvalue weighted by atomic mass is 10.1. The molecule has 26 heavy (non-hydrogen) atoms. The first kappa shape index (κ1) is 17.8. The number of nitrogens with zero attached hydrogens (tertiary/aromatic N) is 4. The van der Waals surface area contributed by atoms with Crippen LogP contribution in [0.2, 0.25) is 5.02 Å². The molecule has 1 aromatic heterocycles. The van der Waals surface area contributed by atoms with E-state index in [0.29, 0.717) is 22.5 Å². The number of hydrogen-bond donors (Lipinski definition) is 0. The van der Waals surface area contributed by atoms with Crippen molar-refractivity contribution in [1.29, 1.82) is 0 Å². The molecule has 4 rings (SSSR count). The molecule has 1 atom stereocenters. The first-order chi connectivity index (χ1) is 12.6. The van der Waals surface area contributed by atoms with Crippen LogP contribution in [0.5, 0.6) is 5.75 Å². The Labute approximate surface area is 165 Å². The van der Waals surface area contributed by atoms with Gasteiger partial charge in [0.1, 0.15) is 5.75 Å². The number of ether oxygens (including phenoxy) is 1. The van der Waals surface area contributed by atoms with Crippen molar-refractivity contribution in [3.8, 4) is 5.75 Å². The molecule has 0 bridgehead atoms. The van der Waals surface area contributed by atoms with E-state index in [2.05, 4.69) is 25.9 Å². The predicted molar refractivity (Wildman–Crippen MR) is 103 cm³/mol. The highest BCUT2D eigenvalue weighted by atomic mass is 79.9. The van der Waals surface area contributed by atoms with E-state index in [1.165, 1.54) is 12.8 Å². The Hall–Kier alpha value is -1.57. The van der Waals surface area contributed by atoms with Crippen LogP contribution >= 0.6 is 27.5 Å². The number of aromatic nitrogens is 2. The van der Waals surface area contributed by atoms with Crippen LogP contribution in [0.15, 0.2) is 34.9 Å². The molecule has 2 saturated heterocycles. The first-order valence-corrected chi connectivity index (χ1v) is 9.92. The third kappa shape index (κ3) is 3.75. The third-order valence-electron chi connectivity index (χ3n) is 4.98. The van der Waals surface area contributed by atoms with Crippen LogP contribution in [0, 0.1) is 0 Å². The summed E-state index contributed by atoms with van der Waals surface area (Å²) in [5.41, 5.74) is 0.460. The Kier molecular flexibility index (Phi) is 5.20. The number of carbonyl (C=O) groups excluding carboxylic acids is 1. The van der Waals surface area contributed by atoms with E-state index in [1.54, 1.807) is 29.1 Å². The quantitative estimate of drug-likeness (QED) is 0.734. The highest BCUT2D eigenvalue weighted by Crippen LogP contribution is 2.28. The van der Waals surface area contributed by atoms with Crippen molar-refractivity contribution in [2.24, 2.45) is 0 Å². The smallest absolute Gasteiger partial charge is 0.274 e. The van der Waals surface area contributed by atoms with Crippen molar-refractivity contribution in [1.82, 2.24) is 19.6 Å². The molecule has 2 fully saturated rings. The lowest BCUT2D eigenvalue weighted by molar-refractivity contribution is 0.0564. The minimum Gasteiger partial charge on any atom is -0.470 e. The van der Waals surface area contributed by atoms with Gasteiger partial charge in [0.25, 0.3) is 5.91 Å². The number of halogens is 2. The SMILES string of the molecule is O=C(c1ccn(COc2ccc(Br)cc2Cl)n1)N1CCN2CCCC2C1. The normalized spacial score (nSPS) is 20.2. The zero-order chi connectivity index (χ0) is 18.1. The van der Waals surface area contributed by atoms with Crippen molar-refractivity contribution in [2.45, 2.75) is 25.6 Å². The first-order valence-electron chi connectivity index (χ1n) is 8.75. The maximum atomic E-state index is 12.7. The van der Waals surface area contributed by atoms with Gasteiger partial charge < -0.3 is 9.64 Å². The zero-order valence-corrected chi connectivity index (χ0v) is 16.6. The molecular weight excluding hydrogens is 420 g/mol. The molecule has 2 aromatic rings. The van der Waals surface area contributed by atoms with Crippen LogP contribution in [-0.4, -0.2) is 57.7 Å². The van der Waals surface area contributed by atoms with Crippen LogP contribution in [0.4, 0.5) is 0 Å². The predicted octanol–water partition coefficient (Wildman–Crippen LogP) is 3.26. The van der Waals surface area contributed by atoms with Crippen molar-refractivity contribution in [3.63, 3.8) is 0 Å². The fourth-order valence-corrected chi connectivity index (χ4v) is 4.34. The number of rotatable bonds is 4. The van der Waals surface area contributed by atoms with Crippen molar-refractivity contribution in [3.05, 3.63) is 45.7 Å². The van der Waals surface area contributed by atoms with Gasteiger partial charge in [-0.3, -0.25) is 9.69 Å². The Bertz CT molecular complexity index is 812. The second-order valence-electron chi connectivity index (χ2n) is 6.67. The van der Waals surface area contributed by atoms with Crippen LogP contribution in [-0.2, 0) is 6.73 Å². The summed E-state index contributed by atoms with van der Waals surface area (Å²) >= 11 is 9.51. The molecule has 1 unspecified atom stereocenters. The van der Waals surface area contributed by atoms with Gasteiger partial charge in [-0.25, -0.2) is 4.68 Å². The van der Waals surface area contributed by atoms with Crippen molar-refractivity contribution >= 4 is 33.4 Å². The van der Waals surface area contributed by atoms with Crippen LogP contribution < -0.4 is 4.74 Å². The van der Waals surface area contributed by atoms with Crippen molar-refractivity contribution in [2.75, 3.05) is 26.2 Å². The summed E-state index contributed by atoms with van der Waals surface area (Å²) in [6.07, 6.45) is 4.17. The number of amides is 1. The Morgan fingerprint density at radius 2 is 2.19 bits per heavy atom. The Morgan fingerprint density at radius 3 is 3.04 bits per heavy atom. The maximum absolute atomic E-state index is 12.7. The number of carbonyl (C=O) groups is 1. The second kappa shape index (κ2) is 7.58. The van der Waals surface area contributed by atoms with E-state index in [0.717, 1.165) is 30.7 Å². The molecule has 6 nitrogen and oxygen atoms in total. The average molecular weight is 440 g/mol. The molecule has 1 aromatic carbocycles. The number of piperazine rings is 1. The molecule has 2 aliphatic rings. The fourth-order valence-electron chi connectivity index (χ4n) is 3.61. The molecule has 0 aliphatic carbocycles. The fraction of sp³-hybridized carbons (Fsp3) is 0.444. The molecular formula is C18H20BrClN4O2. The largest absolute Gasteiger partial charge is 0.470 e. The van der Waals surface area contributed by atoms with Gasteiger partial charge in [0.15, 0.2) is 12.4 Å². The summed E-state index contributed by atoms with van der Waals surface area (Å²) in [4.78, 5) is 17.1. The standard InChI is InChI=1S/C18H20BrClN4O2/c19-13-3-4-17(15(20)10-13)26-12-24-7-5-16(21-24)18(25)23-9-8-22-6-1-2-14(22)11-23/h3-5,7,10,14H,1-2,6,8-9,11-12H2. The summed E-state index contributed by atoms with van der Waals surface area (Å²) in [5.74, 6) is 0.576. The monoisotopic (exact) mass is 438 g/mol. The highest BCUT2D eigenvalue weighted by Gasteiger charge is 2.33. The summed E-state index contributed by atoms with van der Waals surface area (Å²) in [7, 11) is 0. The van der Waals surface area contributed by atoms with E-state index < -0.39 is 0 Å². The average Bonchev–Trinajstić information content (AvgIpc) is 3.29. The summed E-state index contributed by atoms with van der Waals surface area (Å²) in [6.45, 7) is 3.90. The molecule has 0 saturated carbocycles. The van der Waals surface area contributed by atoms with Gasteiger partial charge in [-0.2, -0.15) is 5.10 Å². The number of hydrogen-bond acceptors (Lipinski definition) is 4. The van der Waals surface area contributed by atoms with E-state index >= 15 is 0 Å². The van der Waals surface area contributed by atoms with Gasteiger partial charge in [-0.15, -0.1) is 0 Å². The zero-order valence-electron chi connectivity index (χ0n) is 14.3. The minimum absolute atomic E-state index is 0.00280. The van der Waals surface area contributed by atoms with Gasteiger partial charge in [0, 0.05) is 36.3 Å². The van der Waals surface area contributed by atoms with Gasteiger partial charge in [-0.05, 0) is 43.7 Å². The minimum atomic E-state index is -0.00280. The van der Waals surface area contributed by atoms with E-state index in [1.807, 2.05) is 11.0 Å². The van der Waals surface area contributed by atoms with E-state index in [-0.39, 0.29) is 12.6 Å². The van der Waals surface area contributed by atoms with Crippen LogP contribution in [0.25, 0.3) is 0 Å². The third-order valence-corrected chi connectivity index (χ3v) is 5.77. The second-order valence-corrected chi connectivity index (χ2v) is 7.99. The number of benzene rings is 1. The molecule has 8 heteroatoms. The molecule has 0 spiro atoms. The van der Waals surface area contributed by atoms with Crippen LogP contribution in [0.3, 0.4) is 0 Å². The highest BCUT2D eigenvalue weighted by molar-refractivity contribution is 9.10. The summed E-state index contributed by atoms with van der Waals surface area (Å²) in [5, 5.41) is 4.89. The van der Waals surface area contributed by atoms with Gasteiger partial charge in [0.2, 0.25) is 0 Å².